The number of amides is 2. The molecular formula is C23H30N4O3S. The molecule has 2 aliphatic rings. The minimum atomic E-state index is -0.466. The van der Waals surface area contributed by atoms with Crippen molar-refractivity contribution in [3.8, 4) is 5.75 Å². The maximum atomic E-state index is 13.0. The zero-order chi connectivity index (χ0) is 22.1. The monoisotopic (exact) mass is 442 g/mol. The van der Waals surface area contributed by atoms with E-state index in [2.05, 4.69) is 21.5 Å². The number of benzene rings is 1. The van der Waals surface area contributed by atoms with Gasteiger partial charge in [-0.1, -0.05) is 6.07 Å². The van der Waals surface area contributed by atoms with Crippen LogP contribution in [0.4, 0.5) is 5.00 Å². The molecule has 2 amide bonds. The number of aromatic hydroxyl groups is 1. The second kappa shape index (κ2) is 8.98. The molecule has 2 heterocycles. The third-order valence-corrected chi connectivity index (χ3v) is 7.42. The molecule has 31 heavy (non-hydrogen) atoms. The first-order chi connectivity index (χ1) is 14.9. The third-order valence-electron chi connectivity index (χ3n) is 6.21. The molecule has 1 saturated heterocycles. The van der Waals surface area contributed by atoms with Crippen LogP contribution < -0.4 is 21.5 Å². The van der Waals surface area contributed by atoms with E-state index in [-0.39, 0.29) is 23.6 Å². The molecule has 0 radical (unpaired) electrons. The molecule has 2 unspecified atom stereocenters. The number of fused-ring (bicyclic) bond motifs is 1. The fourth-order valence-corrected chi connectivity index (χ4v) is 5.67. The van der Waals surface area contributed by atoms with Crippen LogP contribution in [0.25, 0.3) is 0 Å². The van der Waals surface area contributed by atoms with Crippen LogP contribution in [0.2, 0.25) is 0 Å². The van der Waals surface area contributed by atoms with Gasteiger partial charge in [0.2, 0.25) is 5.91 Å². The van der Waals surface area contributed by atoms with Crippen molar-refractivity contribution in [3.05, 3.63) is 44.8 Å². The number of aryl methyl sites for hydroxylation is 3. The van der Waals surface area contributed by atoms with Gasteiger partial charge in [-0.05, 0) is 75.6 Å². The van der Waals surface area contributed by atoms with Crippen LogP contribution in [0.5, 0.6) is 5.75 Å². The number of hydrazine groups is 1. The predicted octanol–water partition coefficient (Wildman–Crippen LogP) is 3.25. The highest BCUT2D eigenvalue weighted by atomic mass is 32.1. The number of phenols is 1. The molecule has 1 aromatic heterocycles. The molecular weight excluding hydrogens is 412 g/mol. The van der Waals surface area contributed by atoms with Crippen LogP contribution in [0.1, 0.15) is 69.7 Å². The maximum absolute atomic E-state index is 13.0. The number of carbonyl (C=O) groups excluding carboxylic acids is 2. The molecule has 0 bridgehead atoms. The van der Waals surface area contributed by atoms with Gasteiger partial charge < -0.3 is 15.7 Å². The fourth-order valence-electron chi connectivity index (χ4n) is 4.38. The maximum Gasteiger partial charge on any atom is 0.254 e. The van der Waals surface area contributed by atoms with Crippen molar-refractivity contribution >= 4 is 28.2 Å². The van der Waals surface area contributed by atoms with Crippen molar-refractivity contribution in [2.75, 3.05) is 11.9 Å². The highest BCUT2D eigenvalue weighted by Crippen LogP contribution is 2.39. The summed E-state index contributed by atoms with van der Waals surface area (Å²) >= 11 is 1.53. The fraction of sp³-hybridized carbons (Fsp3) is 0.478. The quantitative estimate of drug-likeness (QED) is 0.489. The summed E-state index contributed by atoms with van der Waals surface area (Å²) in [6, 6.07) is 3.08. The van der Waals surface area contributed by atoms with Crippen molar-refractivity contribution in [1.82, 2.24) is 16.2 Å². The molecule has 0 saturated carbocycles. The van der Waals surface area contributed by atoms with Gasteiger partial charge in [0.05, 0.1) is 11.6 Å². The molecule has 2 atom stereocenters. The highest BCUT2D eigenvalue weighted by Gasteiger charge is 2.33. The molecule has 1 aromatic carbocycles. The van der Waals surface area contributed by atoms with E-state index in [1.54, 1.807) is 6.07 Å². The molecule has 0 spiro atoms. The number of carbonyl (C=O) groups is 2. The first-order valence-corrected chi connectivity index (χ1v) is 11.8. The molecule has 4 rings (SSSR count). The van der Waals surface area contributed by atoms with Gasteiger partial charge >= 0.3 is 0 Å². The van der Waals surface area contributed by atoms with Gasteiger partial charge in [0.1, 0.15) is 16.8 Å². The SMILES string of the molecule is CCNC(=O)c1c(NC(=O)C2CC(c3cc(C)c(C)cc3O)NN2)sc2c1CCCC2. The Kier molecular flexibility index (Phi) is 6.31. The van der Waals surface area contributed by atoms with E-state index in [0.29, 0.717) is 23.5 Å². The minimum absolute atomic E-state index is 0.118. The van der Waals surface area contributed by atoms with E-state index < -0.39 is 6.04 Å². The van der Waals surface area contributed by atoms with Gasteiger partial charge in [-0.2, -0.15) is 0 Å². The lowest BCUT2D eigenvalue weighted by Crippen LogP contribution is -2.39. The summed E-state index contributed by atoms with van der Waals surface area (Å²) in [5.74, 6) is -0.0667. The lowest BCUT2D eigenvalue weighted by atomic mass is 9.95. The predicted molar refractivity (Wildman–Crippen MR) is 123 cm³/mol. The van der Waals surface area contributed by atoms with E-state index in [1.807, 2.05) is 26.8 Å². The zero-order valence-corrected chi connectivity index (χ0v) is 19.0. The van der Waals surface area contributed by atoms with Gasteiger partial charge in [-0.15, -0.1) is 11.3 Å². The average molecular weight is 443 g/mol. The van der Waals surface area contributed by atoms with Crippen LogP contribution in [0.15, 0.2) is 12.1 Å². The van der Waals surface area contributed by atoms with Crippen molar-refractivity contribution in [2.45, 2.75) is 65.0 Å². The van der Waals surface area contributed by atoms with Crippen molar-refractivity contribution < 1.29 is 14.7 Å². The lowest BCUT2D eigenvalue weighted by Gasteiger charge is -2.14. The van der Waals surface area contributed by atoms with E-state index >= 15 is 0 Å². The van der Waals surface area contributed by atoms with Gasteiger partial charge in [0.25, 0.3) is 5.91 Å². The summed E-state index contributed by atoms with van der Waals surface area (Å²) in [5, 5.41) is 16.9. The molecule has 1 fully saturated rings. The van der Waals surface area contributed by atoms with E-state index in [4.69, 9.17) is 0 Å². The average Bonchev–Trinajstić information content (AvgIpc) is 3.35. The standard InChI is InChI=1S/C23H30N4O3S/c1-4-24-22(30)20-14-7-5-6-8-19(14)31-23(20)25-21(29)17-11-16(26-27-17)15-9-12(2)13(3)10-18(15)28/h9-10,16-17,26-28H,4-8,11H2,1-3H3,(H,24,30)(H,25,29). The highest BCUT2D eigenvalue weighted by molar-refractivity contribution is 7.17. The Labute approximate surface area is 186 Å². The number of hydrogen-bond acceptors (Lipinski definition) is 6. The summed E-state index contributed by atoms with van der Waals surface area (Å²) < 4.78 is 0. The van der Waals surface area contributed by atoms with Crippen LogP contribution in [0, 0.1) is 13.8 Å². The Balaban J connectivity index is 1.51. The lowest BCUT2D eigenvalue weighted by molar-refractivity contribution is -0.117. The molecule has 1 aliphatic carbocycles. The van der Waals surface area contributed by atoms with Crippen LogP contribution in [-0.2, 0) is 17.6 Å². The smallest absolute Gasteiger partial charge is 0.254 e. The van der Waals surface area contributed by atoms with Gasteiger partial charge in [-0.3, -0.25) is 9.59 Å². The van der Waals surface area contributed by atoms with Crippen molar-refractivity contribution in [2.24, 2.45) is 0 Å². The largest absolute Gasteiger partial charge is 0.508 e. The van der Waals surface area contributed by atoms with Crippen molar-refractivity contribution in [3.63, 3.8) is 0 Å². The number of anilines is 1. The zero-order valence-electron chi connectivity index (χ0n) is 18.2. The third kappa shape index (κ3) is 4.33. The first kappa shape index (κ1) is 21.8. The molecule has 166 valence electrons. The van der Waals surface area contributed by atoms with Gasteiger partial charge in [-0.25, -0.2) is 10.9 Å². The van der Waals surface area contributed by atoms with Gasteiger partial charge in [0, 0.05) is 17.0 Å². The Morgan fingerprint density at radius 1 is 1.16 bits per heavy atom. The number of hydrogen-bond donors (Lipinski definition) is 5. The number of phenolic OH excluding ortho intramolecular Hbond substituents is 1. The van der Waals surface area contributed by atoms with E-state index in [1.165, 1.54) is 16.2 Å². The Bertz CT molecular complexity index is 1020. The summed E-state index contributed by atoms with van der Waals surface area (Å²) in [6.07, 6.45) is 4.53. The summed E-state index contributed by atoms with van der Waals surface area (Å²) in [4.78, 5) is 27.0. The second-order valence-electron chi connectivity index (χ2n) is 8.39. The number of nitrogens with one attached hydrogen (secondary N) is 4. The second-order valence-corrected chi connectivity index (χ2v) is 9.49. The molecule has 1 aliphatic heterocycles. The van der Waals surface area contributed by atoms with Crippen LogP contribution in [0.3, 0.4) is 0 Å². The topological polar surface area (TPSA) is 102 Å². The Morgan fingerprint density at radius 2 is 1.90 bits per heavy atom. The molecule has 8 heteroatoms. The summed E-state index contributed by atoms with van der Waals surface area (Å²) in [5.41, 5.74) is 10.8. The van der Waals surface area contributed by atoms with E-state index in [9.17, 15) is 14.7 Å². The summed E-state index contributed by atoms with van der Waals surface area (Å²) in [6.45, 7) is 6.41. The summed E-state index contributed by atoms with van der Waals surface area (Å²) in [7, 11) is 0. The van der Waals surface area contributed by atoms with Crippen LogP contribution >= 0.6 is 11.3 Å². The van der Waals surface area contributed by atoms with Gasteiger partial charge in [0.15, 0.2) is 0 Å². The molecule has 2 aromatic rings. The number of rotatable bonds is 5. The normalized spacial score (nSPS) is 20.4. The molecule has 5 N–H and O–H groups in total. The minimum Gasteiger partial charge on any atom is -0.508 e. The first-order valence-electron chi connectivity index (χ1n) is 10.9. The molecule has 7 nitrogen and oxygen atoms in total. The Hall–Kier alpha value is -2.42. The van der Waals surface area contributed by atoms with Crippen LogP contribution in [-0.4, -0.2) is 29.5 Å². The van der Waals surface area contributed by atoms with Crippen molar-refractivity contribution in [1.29, 1.82) is 0 Å². The van der Waals surface area contributed by atoms with E-state index in [0.717, 1.165) is 47.9 Å². The Morgan fingerprint density at radius 3 is 2.68 bits per heavy atom. The number of thiophene rings is 1.